The number of fused-ring (bicyclic) bond motifs is 6. The Kier molecular flexibility index (Phi) is 11.6. The Bertz CT molecular complexity index is 2760. The summed E-state index contributed by atoms with van der Waals surface area (Å²) in [5.74, 6) is 0. The number of rotatable bonds is 13. The molecular weight excluding hydrogens is 771 g/mol. The molecule has 0 unspecified atom stereocenters. The van der Waals surface area contributed by atoms with Gasteiger partial charge in [0.2, 0.25) is 5.69 Å². The van der Waals surface area contributed by atoms with Crippen molar-refractivity contribution in [2.24, 2.45) is 0 Å². The lowest BCUT2D eigenvalue weighted by Gasteiger charge is -2.29. The van der Waals surface area contributed by atoms with E-state index in [1.807, 2.05) is 11.8 Å². The Morgan fingerprint density at radius 2 is 1.31 bits per heavy atom. The number of nitrogens with zero attached hydrogens (tertiary/aromatic N) is 3. The van der Waals surface area contributed by atoms with Crippen molar-refractivity contribution in [3.05, 3.63) is 185 Å². The second kappa shape index (κ2) is 17.3. The van der Waals surface area contributed by atoms with Crippen LogP contribution in [0.15, 0.2) is 179 Å². The summed E-state index contributed by atoms with van der Waals surface area (Å²) in [6, 6.07) is 47.1. The molecule has 0 atom stereocenters. The van der Waals surface area contributed by atoms with Gasteiger partial charge in [-0.2, -0.15) is 4.58 Å². The largest absolute Gasteiger partial charge is 0.344 e. The lowest BCUT2D eigenvalue weighted by Crippen LogP contribution is -2.28. The third-order valence-corrected chi connectivity index (χ3v) is 14.5. The van der Waals surface area contributed by atoms with Crippen molar-refractivity contribution < 1.29 is 4.58 Å². The van der Waals surface area contributed by atoms with Crippen LogP contribution in [0.2, 0.25) is 0 Å². The van der Waals surface area contributed by atoms with E-state index in [9.17, 15) is 0 Å². The molecule has 0 amide bonds. The summed E-state index contributed by atoms with van der Waals surface area (Å²) in [6.07, 6.45) is 18.7. The summed E-state index contributed by atoms with van der Waals surface area (Å²) < 4.78 is 2.63. The van der Waals surface area contributed by atoms with Crippen LogP contribution in [0.3, 0.4) is 0 Å². The predicted octanol–water partition coefficient (Wildman–Crippen LogP) is 15.7. The number of para-hydroxylation sites is 2. The second-order valence-corrected chi connectivity index (χ2v) is 19.2. The monoisotopic (exact) mass is 832 g/mol. The van der Waals surface area contributed by atoms with Gasteiger partial charge in [-0.05, 0) is 120 Å². The molecule has 2 heterocycles. The minimum Gasteiger partial charge on any atom is -0.344 e. The van der Waals surface area contributed by atoms with E-state index in [1.54, 1.807) is 0 Å². The van der Waals surface area contributed by atoms with Crippen molar-refractivity contribution in [2.45, 2.75) is 95.8 Å². The number of anilines is 3. The minimum atomic E-state index is -0.174. The average molecular weight is 833 g/mol. The zero-order valence-corrected chi connectivity index (χ0v) is 38.7. The van der Waals surface area contributed by atoms with Crippen molar-refractivity contribution in [1.29, 1.82) is 0 Å². The molecular formula is C58H62N3S+. The van der Waals surface area contributed by atoms with E-state index in [4.69, 9.17) is 0 Å². The van der Waals surface area contributed by atoms with Crippen LogP contribution in [-0.2, 0) is 10.8 Å². The van der Waals surface area contributed by atoms with Crippen LogP contribution in [0.1, 0.15) is 91.2 Å². The molecule has 0 saturated carbocycles. The van der Waals surface area contributed by atoms with E-state index in [2.05, 4.69) is 214 Å². The van der Waals surface area contributed by atoms with E-state index in [0.29, 0.717) is 0 Å². The van der Waals surface area contributed by atoms with Gasteiger partial charge in [0.1, 0.15) is 6.54 Å². The van der Waals surface area contributed by atoms with Crippen molar-refractivity contribution in [1.82, 2.24) is 0 Å². The summed E-state index contributed by atoms with van der Waals surface area (Å²) in [7, 11) is 0. The first-order valence-electron chi connectivity index (χ1n) is 23.0. The number of hydrogen-bond acceptors (Lipinski definition) is 3. The Morgan fingerprint density at radius 1 is 0.661 bits per heavy atom. The molecule has 314 valence electrons. The van der Waals surface area contributed by atoms with Gasteiger partial charge in [-0.15, -0.1) is 11.8 Å². The molecule has 9 rings (SSSR count). The Balaban J connectivity index is 1.22. The summed E-state index contributed by atoms with van der Waals surface area (Å²) in [5, 5.41) is 5.40. The highest BCUT2D eigenvalue weighted by molar-refractivity contribution is 7.98. The maximum atomic E-state index is 2.65. The van der Waals surface area contributed by atoms with Gasteiger partial charge in [-0.25, -0.2) is 0 Å². The van der Waals surface area contributed by atoms with Gasteiger partial charge in [0.15, 0.2) is 5.71 Å². The third-order valence-electron chi connectivity index (χ3n) is 13.7. The topological polar surface area (TPSA) is 9.49 Å². The van der Waals surface area contributed by atoms with Gasteiger partial charge in [-0.1, -0.05) is 138 Å². The van der Waals surface area contributed by atoms with Gasteiger partial charge < -0.3 is 9.80 Å². The highest BCUT2D eigenvalue weighted by atomic mass is 32.2. The lowest BCUT2D eigenvalue weighted by atomic mass is 9.79. The molecule has 2 aliphatic heterocycles. The van der Waals surface area contributed by atoms with Gasteiger partial charge in [0.25, 0.3) is 0 Å². The zero-order valence-electron chi connectivity index (χ0n) is 37.8. The molecule has 1 aliphatic carbocycles. The standard InChI is InChI=1S/C58H62N3S/c1-8-10-38-59-49-35-32-41-22-18-19-27-46(41)54(49)57(3,4)52(59)36-33-42-30-31-43(56(42)61(44-23-14-12-15-24-44)45-25-16-13-17-26-45)34-37-53-58(5,6)55-48-29-21-20-28-47(48)51(62-7)40-50(55)60(53)39-11-9-2/h12-29,32-37,40H,8-11,30-31,38-39H2,1-7H3/q+1. The first-order valence-corrected chi connectivity index (χ1v) is 24.2. The second-order valence-electron chi connectivity index (χ2n) is 18.3. The van der Waals surface area contributed by atoms with Gasteiger partial charge in [0.05, 0.1) is 11.1 Å². The smallest absolute Gasteiger partial charge is 0.210 e. The molecule has 0 N–H and O–H groups in total. The van der Waals surface area contributed by atoms with Crippen LogP contribution in [0.4, 0.5) is 22.7 Å². The number of allylic oxidation sites excluding steroid dienone is 7. The maximum absolute atomic E-state index is 2.65. The molecule has 0 bridgehead atoms. The predicted molar refractivity (Wildman–Crippen MR) is 269 cm³/mol. The van der Waals surface area contributed by atoms with Crippen molar-refractivity contribution in [2.75, 3.05) is 29.1 Å². The van der Waals surface area contributed by atoms with Gasteiger partial charge in [0, 0.05) is 63.7 Å². The van der Waals surface area contributed by atoms with E-state index in [1.165, 1.54) is 88.6 Å². The molecule has 6 aromatic carbocycles. The molecule has 0 saturated heterocycles. The van der Waals surface area contributed by atoms with Crippen molar-refractivity contribution in [3.63, 3.8) is 0 Å². The fourth-order valence-electron chi connectivity index (χ4n) is 10.7. The molecule has 3 aliphatic rings. The first kappa shape index (κ1) is 41.8. The molecule has 4 heteroatoms. The minimum absolute atomic E-state index is 0.160. The van der Waals surface area contributed by atoms with Crippen LogP contribution in [0.25, 0.3) is 21.5 Å². The fourth-order valence-corrected chi connectivity index (χ4v) is 11.3. The third kappa shape index (κ3) is 7.24. The van der Waals surface area contributed by atoms with E-state index < -0.39 is 0 Å². The highest BCUT2D eigenvalue weighted by Crippen LogP contribution is 2.53. The number of unbranched alkanes of at least 4 members (excludes halogenated alkanes) is 2. The zero-order chi connectivity index (χ0) is 43.0. The fraction of sp³-hybridized carbons (Fsp3) is 0.293. The summed E-state index contributed by atoms with van der Waals surface area (Å²) in [5.41, 5.74) is 14.4. The molecule has 6 aromatic rings. The molecule has 0 radical (unpaired) electrons. The molecule has 3 nitrogen and oxygen atoms in total. The van der Waals surface area contributed by atoms with Gasteiger partial charge >= 0.3 is 0 Å². The van der Waals surface area contributed by atoms with Crippen LogP contribution >= 0.6 is 11.8 Å². The Morgan fingerprint density at radius 3 is 1.98 bits per heavy atom. The van der Waals surface area contributed by atoms with Crippen LogP contribution in [0, 0.1) is 0 Å². The summed E-state index contributed by atoms with van der Waals surface area (Å²) in [4.78, 5) is 6.52. The van der Waals surface area contributed by atoms with Crippen LogP contribution in [0.5, 0.6) is 0 Å². The van der Waals surface area contributed by atoms with E-state index >= 15 is 0 Å². The van der Waals surface area contributed by atoms with Crippen molar-refractivity contribution in [3.8, 4) is 0 Å². The number of thioether (sulfide) groups is 1. The van der Waals surface area contributed by atoms with Gasteiger partial charge in [-0.3, -0.25) is 0 Å². The average Bonchev–Trinajstić information content (AvgIpc) is 3.86. The summed E-state index contributed by atoms with van der Waals surface area (Å²) >= 11 is 1.86. The summed E-state index contributed by atoms with van der Waals surface area (Å²) in [6.45, 7) is 16.4. The van der Waals surface area contributed by atoms with E-state index in [-0.39, 0.29) is 10.8 Å². The first-order chi connectivity index (χ1) is 30.2. The van der Waals surface area contributed by atoms with Crippen LogP contribution in [-0.4, -0.2) is 29.6 Å². The number of hydrogen-bond donors (Lipinski definition) is 0. The Hall–Kier alpha value is -5.58. The normalized spacial score (nSPS) is 18.0. The molecule has 62 heavy (non-hydrogen) atoms. The van der Waals surface area contributed by atoms with E-state index in [0.717, 1.165) is 51.6 Å². The molecule has 0 aromatic heterocycles. The van der Waals surface area contributed by atoms with Crippen molar-refractivity contribution >= 4 is 61.8 Å². The highest BCUT2D eigenvalue weighted by Gasteiger charge is 2.46. The lowest BCUT2D eigenvalue weighted by molar-refractivity contribution is -0.438. The number of benzene rings is 6. The molecule has 0 fully saturated rings. The quantitative estimate of drug-likeness (QED) is 0.0848. The maximum Gasteiger partial charge on any atom is 0.210 e. The molecule has 0 spiro atoms. The SMILES string of the molecule is CCCCN1/C(=C/C=C2\CCC(/C=C/C3=[N+](CCCC)c4ccc5ccccc5c4C3(C)C)=C2N(c2ccccc2)c2ccccc2)C(C)(C)c2c1cc(SC)c1ccccc21. The van der Waals surface area contributed by atoms with Crippen LogP contribution < -0.4 is 9.80 Å². The Labute approximate surface area is 374 Å².